The van der Waals surface area contributed by atoms with Gasteiger partial charge in [-0.05, 0) is 13.3 Å². The van der Waals surface area contributed by atoms with Crippen molar-refractivity contribution >= 4 is 41.4 Å². The number of ketones is 1. The van der Waals surface area contributed by atoms with Crippen LogP contribution in [0.15, 0.2) is 0 Å². The molecule has 0 aliphatic carbocycles. The lowest BCUT2D eigenvalue weighted by molar-refractivity contribution is -0.142. The zero-order chi connectivity index (χ0) is 21.1. The molecule has 8 N–H and O–H groups in total. The Bertz CT molecular complexity index is 571. The molecule has 1 amide bonds. The van der Waals surface area contributed by atoms with E-state index in [4.69, 9.17) is 26.8 Å². The van der Waals surface area contributed by atoms with Crippen LogP contribution in [0, 0.1) is 5.92 Å². The molecule has 0 fully saturated rings. The summed E-state index contributed by atoms with van der Waals surface area (Å²) in [6.45, 7) is 1.26. The van der Waals surface area contributed by atoms with Crippen LogP contribution < -0.4 is 16.8 Å². The number of carboxylic acid groups (broad SMARTS) is 3. The lowest BCUT2D eigenvalue weighted by Crippen LogP contribution is -2.43. The van der Waals surface area contributed by atoms with Crippen LogP contribution in [0.1, 0.15) is 26.2 Å². The van der Waals surface area contributed by atoms with Gasteiger partial charge in [-0.1, -0.05) is 0 Å². The molecular weight excluding hydrogens is 382 g/mol. The van der Waals surface area contributed by atoms with Crippen molar-refractivity contribution in [1.82, 2.24) is 5.32 Å². The third kappa shape index (κ3) is 10.5. The van der Waals surface area contributed by atoms with Gasteiger partial charge in [0.25, 0.3) is 0 Å². The molecule has 0 radical (unpaired) electrons. The van der Waals surface area contributed by atoms with Gasteiger partial charge >= 0.3 is 17.9 Å². The molecule has 0 bridgehead atoms. The highest BCUT2D eigenvalue weighted by atomic mass is 32.2. The van der Waals surface area contributed by atoms with E-state index in [1.807, 2.05) is 0 Å². The number of thioether (sulfide) groups is 1. The summed E-state index contributed by atoms with van der Waals surface area (Å²) in [4.78, 5) is 56.5. The zero-order valence-electron chi connectivity index (χ0n) is 14.8. The number of hydrogen-bond donors (Lipinski definition) is 6. The van der Waals surface area contributed by atoms with Crippen LogP contribution in [-0.4, -0.2) is 74.5 Å². The van der Waals surface area contributed by atoms with Crippen LogP contribution >= 0.6 is 11.8 Å². The van der Waals surface area contributed by atoms with E-state index in [2.05, 4.69) is 5.32 Å². The summed E-state index contributed by atoms with van der Waals surface area (Å²) in [6.07, 6.45) is -0.490. The predicted molar refractivity (Wildman–Crippen MR) is 96.1 cm³/mol. The van der Waals surface area contributed by atoms with E-state index in [0.29, 0.717) is 0 Å². The smallest absolute Gasteiger partial charge is 0.325 e. The summed E-state index contributed by atoms with van der Waals surface area (Å²) in [5, 5.41) is 28.6. The maximum atomic E-state index is 12.2. The molecule has 154 valence electrons. The Kier molecular flexibility index (Phi) is 11.3. The highest BCUT2D eigenvalue weighted by Gasteiger charge is 2.26. The van der Waals surface area contributed by atoms with Gasteiger partial charge in [-0.15, -0.1) is 0 Å². The quantitative estimate of drug-likeness (QED) is 0.195. The van der Waals surface area contributed by atoms with Gasteiger partial charge in [0.15, 0.2) is 0 Å². The fourth-order valence-corrected chi connectivity index (χ4v) is 2.93. The Morgan fingerprint density at radius 1 is 0.926 bits per heavy atom. The second-order valence-corrected chi connectivity index (χ2v) is 7.05. The van der Waals surface area contributed by atoms with Crippen LogP contribution in [0.3, 0.4) is 0 Å². The van der Waals surface area contributed by atoms with Crippen LogP contribution in [0.25, 0.3) is 0 Å². The molecule has 0 rings (SSSR count). The predicted octanol–water partition coefficient (Wildman–Crippen LogP) is -1.51. The van der Waals surface area contributed by atoms with Crippen molar-refractivity contribution in [3.8, 4) is 0 Å². The molecule has 27 heavy (non-hydrogen) atoms. The Labute approximate surface area is 159 Å². The molecule has 0 aliphatic heterocycles. The number of carbonyl (C=O) groups is 5. The lowest BCUT2D eigenvalue weighted by Gasteiger charge is -2.18. The third-order valence-electron chi connectivity index (χ3n) is 3.56. The number of carboxylic acids is 3. The summed E-state index contributed by atoms with van der Waals surface area (Å²) in [6, 6.07) is -3.50. The van der Waals surface area contributed by atoms with Crippen molar-refractivity contribution in [3.63, 3.8) is 0 Å². The highest BCUT2D eigenvalue weighted by molar-refractivity contribution is 7.99. The first-order valence-corrected chi connectivity index (χ1v) is 9.20. The van der Waals surface area contributed by atoms with E-state index in [1.54, 1.807) is 0 Å². The molecule has 0 unspecified atom stereocenters. The van der Waals surface area contributed by atoms with Gasteiger partial charge in [-0.2, -0.15) is 11.8 Å². The molecule has 0 aromatic carbocycles. The van der Waals surface area contributed by atoms with Crippen LogP contribution in [0.4, 0.5) is 0 Å². The van der Waals surface area contributed by atoms with E-state index in [-0.39, 0.29) is 30.8 Å². The number of amides is 1. The molecule has 11 nitrogen and oxygen atoms in total. The van der Waals surface area contributed by atoms with Gasteiger partial charge in [-0.25, -0.2) is 0 Å². The first-order chi connectivity index (χ1) is 12.5. The van der Waals surface area contributed by atoms with Gasteiger partial charge < -0.3 is 32.1 Å². The first-order valence-electron chi connectivity index (χ1n) is 8.05. The normalized spacial score (nSPS) is 15.2. The fraction of sp³-hybridized carbons (Fsp3) is 0.667. The third-order valence-corrected chi connectivity index (χ3v) is 4.79. The fourth-order valence-electron chi connectivity index (χ4n) is 1.85. The van der Waals surface area contributed by atoms with Gasteiger partial charge in [0.05, 0.1) is 5.92 Å². The molecule has 0 heterocycles. The number of nitrogens with two attached hydrogens (primary N) is 2. The van der Waals surface area contributed by atoms with Crippen LogP contribution in [0.2, 0.25) is 0 Å². The second kappa shape index (κ2) is 12.3. The SMILES string of the molecule is C[C@@H](NC(=O)[C@@H](CSC[C@H](N)C(=O)O)CC(=O)CC[C@@H](N)C(=O)O)C(=O)O. The lowest BCUT2D eigenvalue weighted by atomic mass is 9.99. The Hall–Kier alpha value is -2.18. The van der Waals surface area contributed by atoms with Crippen LogP contribution in [-0.2, 0) is 24.0 Å². The maximum absolute atomic E-state index is 12.2. The van der Waals surface area contributed by atoms with Crippen molar-refractivity contribution in [2.45, 2.75) is 44.3 Å². The van der Waals surface area contributed by atoms with Crippen molar-refractivity contribution in [2.75, 3.05) is 11.5 Å². The van der Waals surface area contributed by atoms with E-state index < -0.39 is 53.6 Å². The van der Waals surface area contributed by atoms with Gasteiger partial charge in [-0.3, -0.25) is 24.0 Å². The van der Waals surface area contributed by atoms with E-state index in [9.17, 15) is 24.0 Å². The monoisotopic (exact) mass is 407 g/mol. The summed E-state index contributed by atoms with van der Waals surface area (Å²) >= 11 is 1.05. The minimum atomic E-state index is -1.25. The first kappa shape index (κ1) is 24.8. The number of Topliss-reactive ketones (excluding diaryl/α,β-unsaturated/α-hetero) is 1. The van der Waals surface area contributed by atoms with E-state index in [1.165, 1.54) is 6.92 Å². The molecule has 0 aromatic rings. The maximum Gasteiger partial charge on any atom is 0.325 e. The minimum Gasteiger partial charge on any atom is -0.480 e. The van der Waals surface area contributed by atoms with Crippen molar-refractivity contribution < 1.29 is 39.3 Å². The number of aliphatic carboxylic acids is 3. The molecule has 0 aliphatic rings. The number of nitrogens with one attached hydrogen (secondary N) is 1. The molecule has 0 saturated carbocycles. The average Bonchev–Trinajstić information content (AvgIpc) is 2.57. The molecule has 0 saturated heterocycles. The van der Waals surface area contributed by atoms with Crippen molar-refractivity contribution in [2.24, 2.45) is 17.4 Å². The van der Waals surface area contributed by atoms with Crippen molar-refractivity contribution in [3.05, 3.63) is 0 Å². The van der Waals surface area contributed by atoms with Gasteiger partial charge in [0.2, 0.25) is 5.91 Å². The summed E-state index contributed by atoms with van der Waals surface area (Å²) in [5.41, 5.74) is 10.7. The molecule has 0 aromatic heterocycles. The summed E-state index contributed by atoms with van der Waals surface area (Å²) in [5.74, 6) is -5.63. The zero-order valence-corrected chi connectivity index (χ0v) is 15.6. The summed E-state index contributed by atoms with van der Waals surface area (Å²) < 4.78 is 0. The second-order valence-electron chi connectivity index (χ2n) is 5.97. The molecular formula is C15H25N3O8S. The molecule has 0 spiro atoms. The van der Waals surface area contributed by atoms with E-state index in [0.717, 1.165) is 11.8 Å². The Morgan fingerprint density at radius 2 is 1.48 bits per heavy atom. The highest BCUT2D eigenvalue weighted by Crippen LogP contribution is 2.16. The minimum absolute atomic E-state index is 0.00563. The van der Waals surface area contributed by atoms with Gasteiger partial charge in [0, 0.05) is 24.3 Å². The summed E-state index contributed by atoms with van der Waals surface area (Å²) in [7, 11) is 0. The molecule has 12 heteroatoms. The van der Waals surface area contributed by atoms with E-state index >= 15 is 0 Å². The number of hydrogen-bond acceptors (Lipinski definition) is 8. The number of rotatable bonds is 14. The van der Waals surface area contributed by atoms with Crippen LogP contribution in [0.5, 0.6) is 0 Å². The number of carbonyl (C=O) groups excluding carboxylic acids is 2. The average molecular weight is 407 g/mol. The topological polar surface area (TPSA) is 210 Å². The molecule has 4 atom stereocenters. The standard InChI is InChI=1S/C15H25N3O8S/c1-7(13(21)22)18-12(20)8(5-27-6-11(17)15(25)26)4-9(19)2-3-10(16)14(23)24/h7-8,10-11H,2-6,16-17H2,1H3,(H,18,20)(H,21,22)(H,23,24)(H,25,26)/t7-,8-,10-,11+/m1/s1. The Balaban J connectivity index is 4.82. The van der Waals surface area contributed by atoms with Crippen molar-refractivity contribution in [1.29, 1.82) is 0 Å². The largest absolute Gasteiger partial charge is 0.480 e. The van der Waals surface area contributed by atoms with Gasteiger partial charge in [0.1, 0.15) is 23.9 Å². The Morgan fingerprint density at radius 3 is 1.96 bits per heavy atom.